The largest absolute Gasteiger partial charge is 0.480 e. The highest BCUT2D eigenvalue weighted by molar-refractivity contribution is 7.99. The highest BCUT2D eigenvalue weighted by Crippen LogP contribution is 2.21. The Kier molecular flexibility index (Phi) is 7.93. The second-order valence-corrected chi connectivity index (χ2v) is 5.99. The molecule has 0 aliphatic rings. The summed E-state index contributed by atoms with van der Waals surface area (Å²) in [6, 6.07) is 6.61. The van der Waals surface area contributed by atoms with Crippen LogP contribution in [0.25, 0.3) is 0 Å². The fraction of sp³-hybridized carbons (Fsp3) is 0.333. The minimum absolute atomic E-state index is 0.223. The van der Waals surface area contributed by atoms with Gasteiger partial charge in [0, 0.05) is 16.3 Å². The predicted octanol–water partition coefficient (Wildman–Crippen LogP) is 3.36. The molecule has 1 aromatic carbocycles. The third kappa shape index (κ3) is 7.20. The zero-order valence-corrected chi connectivity index (χ0v) is 13.1. The smallest absolute Gasteiger partial charge is 0.326 e. The van der Waals surface area contributed by atoms with Gasteiger partial charge in [-0.05, 0) is 42.9 Å². The number of aliphatic carboxylic acids is 1. The Morgan fingerprint density at radius 1 is 1.38 bits per heavy atom. The molecular formula is C15H18ClNO3S. The van der Waals surface area contributed by atoms with Gasteiger partial charge in [0.2, 0.25) is 5.91 Å². The molecule has 0 aliphatic carbocycles. The van der Waals surface area contributed by atoms with Gasteiger partial charge in [-0.3, -0.25) is 4.79 Å². The molecule has 1 aromatic rings. The van der Waals surface area contributed by atoms with E-state index in [2.05, 4.69) is 11.9 Å². The number of thioether (sulfide) groups is 1. The summed E-state index contributed by atoms with van der Waals surface area (Å²) >= 11 is 7.43. The van der Waals surface area contributed by atoms with Gasteiger partial charge in [-0.15, -0.1) is 18.3 Å². The maximum Gasteiger partial charge on any atom is 0.326 e. The SMILES string of the molecule is C=CCC(NC(=O)CCCSc1ccc(Cl)cc1)C(=O)O. The number of carboxylic acids is 1. The molecule has 1 unspecified atom stereocenters. The average molecular weight is 328 g/mol. The van der Waals surface area contributed by atoms with Gasteiger partial charge < -0.3 is 10.4 Å². The number of nitrogens with one attached hydrogen (secondary N) is 1. The molecule has 0 bridgehead atoms. The Hall–Kier alpha value is -1.46. The molecule has 4 nitrogen and oxygen atoms in total. The lowest BCUT2D eigenvalue weighted by Gasteiger charge is -2.12. The van der Waals surface area contributed by atoms with Crippen LogP contribution in [-0.4, -0.2) is 28.8 Å². The molecule has 21 heavy (non-hydrogen) atoms. The molecule has 2 N–H and O–H groups in total. The molecular weight excluding hydrogens is 310 g/mol. The Labute approximate surface area is 133 Å². The zero-order chi connectivity index (χ0) is 15.7. The molecule has 6 heteroatoms. The van der Waals surface area contributed by atoms with E-state index in [9.17, 15) is 9.59 Å². The van der Waals surface area contributed by atoms with Crippen LogP contribution in [0.5, 0.6) is 0 Å². The van der Waals surface area contributed by atoms with E-state index in [1.54, 1.807) is 11.8 Å². The monoisotopic (exact) mass is 327 g/mol. The highest BCUT2D eigenvalue weighted by atomic mass is 35.5. The van der Waals surface area contributed by atoms with Gasteiger partial charge in [0.15, 0.2) is 0 Å². The fourth-order valence-electron chi connectivity index (χ4n) is 1.61. The predicted molar refractivity (Wildman–Crippen MR) is 85.8 cm³/mol. The molecule has 0 fully saturated rings. The van der Waals surface area contributed by atoms with Crippen LogP contribution in [0.15, 0.2) is 41.8 Å². The van der Waals surface area contributed by atoms with E-state index in [0.717, 1.165) is 10.6 Å². The Morgan fingerprint density at radius 3 is 2.62 bits per heavy atom. The normalized spacial score (nSPS) is 11.7. The van der Waals surface area contributed by atoms with Crippen LogP contribution in [-0.2, 0) is 9.59 Å². The summed E-state index contributed by atoms with van der Waals surface area (Å²) in [5, 5.41) is 12.1. The van der Waals surface area contributed by atoms with Crippen LogP contribution in [0.2, 0.25) is 5.02 Å². The van der Waals surface area contributed by atoms with Gasteiger partial charge >= 0.3 is 5.97 Å². The first-order chi connectivity index (χ1) is 10.0. The lowest BCUT2D eigenvalue weighted by atomic mass is 10.2. The molecule has 0 aromatic heterocycles. The summed E-state index contributed by atoms with van der Waals surface area (Å²) in [6.45, 7) is 3.48. The lowest BCUT2D eigenvalue weighted by Crippen LogP contribution is -2.40. The van der Waals surface area contributed by atoms with Gasteiger partial charge in [0.1, 0.15) is 6.04 Å². The quantitative estimate of drug-likeness (QED) is 0.414. The number of hydrogen-bond acceptors (Lipinski definition) is 3. The van der Waals surface area contributed by atoms with Crippen LogP contribution < -0.4 is 5.32 Å². The van der Waals surface area contributed by atoms with Crippen molar-refractivity contribution in [2.24, 2.45) is 0 Å². The van der Waals surface area contributed by atoms with E-state index in [4.69, 9.17) is 16.7 Å². The summed E-state index contributed by atoms with van der Waals surface area (Å²) in [5.41, 5.74) is 0. The maximum atomic E-state index is 11.7. The molecule has 0 saturated carbocycles. The van der Waals surface area contributed by atoms with E-state index < -0.39 is 12.0 Å². The van der Waals surface area contributed by atoms with Crippen molar-refractivity contribution in [1.82, 2.24) is 5.32 Å². The van der Waals surface area contributed by atoms with Crippen LogP contribution >= 0.6 is 23.4 Å². The lowest BCUT2D eigenvalue weighted by molar-refractivity contribution is -0.141. The van der Waals surface area contributed by atoms with Gasteiger partial charge in [-0.1, -0.05) is 17.7 Å². The van der Waals surface area contributed by atoms with E-state index in [1.165, 1.54) is 6.08 Å². The standard InChI is InChI=1S/C15H18ClNO3S/c1-2-4-13(15(19)20)17-14(18)5-3-10-21-12-8-6-11(16)7-9-12/h2,6-9,13H,1,3-5,10H2,(H,17,18)(H,19,20). The molecule has 1 amide bonds. The van der Waals surface area contributed by atoms with Crippen molar-refractivity contribution in [2.45, 2.75) is 30.2 Å². The number of carbonyl (C=O) groups excluding carboxylic acids is 1. The van der Waals surface area contributed by atoms with E-state index in [-0.39, 0.29) is 12.3 Å². The van der Waals surface area contributed by atoms with Crippen LogP contribution in [0.3, 0.4) is 0 Å². The van der Waals surface area contributed by atoms with Crippen LogP contribution in [0.1, 0.15) is 19.3 Å². The van der Waals surface area contributed by atoms with Gasteiger partial charge in [-0.2, -0.15) is 0 Å². The highest BCUT2D eigenvalue weighted by Gasteiger charge is 2.17. The van der Waals surface area contributed by atoms with Crippen molar-refractivity contribution in [3.8, 4) is 0 Å². The third-order valence-electron chi connectivity index (χ3n) is 2.67. The molecule has 0 saturated heterocycles. The molecule has 0 spiro atoms. The number of amides is 1. The molecule has 1 atom stereocenters. The summed E-state index contributed by atoms with van der Waals surface area (Å²) in [5.74, 6) is -0.506. The van der Waals surface area contributed by atoms with Crippen molar-refractivity contribution < 1.29 is 14.7 Å². The molecule has 114 valence electrons. The number of rotatable bonds is 9. The van der Waals surface area contributed by atoms with Crippen molar-refractivity contribution in [3.63, 3.8) is 0 Å². The Morgan fingerprint density at radius 2 is 2.05 bits per heavy atom. The number of carboxylic acid groups (broad SMARTS) is 1. The summed E-state index contributed by atoms with van der Waals surface area (Å²) in [6.07, 6.45) is 2.69. The van der Waals surface area contributed by atoms with Gasteiger partial charge in [0.25, 0.3) is 0 Å². The Balaban J connectivity index is 2.25. The zero-order valence-electron chi connectivity index (χ0n) is 11.5. The maximum absolute atomic E-state index is 11.7. The molecule has 0 heterocycles. The number of halogens is 1. The number of carbonyl (C=O) groups is 2. The van der Waals surface area contributed by atoms with Crippen molar-refractivity contribution >= 4 is 35.2 Å². The second-order valence-electron chi connectivity index (χ2n) is 4.39. The van der Waals surface area contributed by atoms with Crippen molar-refractivity contribution in [2.75, 3.05) is 5.75 Å². The summed E-state index contributed by atoms with van der Waals surface area (Å²) in [7, 11) is 0. The molecule has 0 aliphatic heterocycles. The third-order valence-corrected chi connectivity index (χ3v) is 4.02. The van der Waals surface area contributed by atoms with Crippen LogP contribution in [0.4, 0.5) is 0 Å². The minimum atomic E-state index is -1.04. The Bertz CT molecular complexity index is 490. The van der Waals surface area contributed by atoms with Crippen LogP contribution in [0, 0.1) is 0 Å². The number of benzene rings is 1. The molecule has 0 radical (unpaired) electrons. The average Bonchev–Trinajstić information content (AvgIpc) is 2.45. The summed E-state index contributed by atoms with van der Waals surface area (Å²) < 4.78 is 0. The van der Waals surface area contributed by atoms with E-state index >= 15 is 0 Å². The fourth-order valence-corrected chi connectivity index (χ4v) is 2.59. The first-order valence-electron chi connectivity index (χ1n) is 6.54. The number of hydrogen-bond donors (Lipinski definition) is 2. The van der Waals surface area contributed by atoms with E-state index in [1.807, 2.05) is 24.3 Å². The topological polar surface area (TPSA) is 66.4 Å². The first kappa shape index (κ1) is 17.6. The minimum Gasteiger partial charge on any atom is -0.480 e. The molecule has 1 rings (SSSR count). The van der Waals surface area contributed by atoms with Crippen molar-refractivity contribution in [3.05, 3.63) is 41.9 Å². The first-order valence-corrected chi connectivity index (χ1v) is 7.90. The van der Waals surface area contributed by atoms with E-state index in [0.29, 0.717) is 17.9 Å². The van der Waals surface area contributed by atoms with Gasteiger partial charge in [-0.25, -0.2) is 4.79 Å². The summed E-state index contributed by atoms with van der Waals surface area (Å²) in [4.78, 5) is 23.6. The van der Waals surface area contributed by atoms with Crippen molar-refractivity contribution in [1.29, 1.82) is 0 Å². The second kappa shape index (κ2) is 9.47. The van der Waals surface area contributed by atoms with Gasteiger partial charge in [0.05, 0.1) is 0 Å².